The van der Waals surface area contributed by atoms with Crippen LogP contribution in [0.2, 0.25) is 0 Å². The van der Waals surface area contributed by atoms with Crippen LogP contribution in [0.3, 0.4) is 0 Å². The lowest BCUT2D eigenvalue weighted by atomic mass is 9.88. The normalized spacial score (nSPS) is 37.9. The number of fused-ring (bicyclic) bond motifs is 1. The van der Waals surface area contributed by atoms with Crippen molar-refractivity contribution in [1.29, 1.82) is 0 Å². The second-order valence-corrected chi connectivity index (χ2v) is 9.50. The van der Waals surface area contributed by atoms with Crippen molar-refractivity contribution in [1.82, 2.24) is 0 Å². The highest BCUT2D eigenvalue weighted by atomic mass is 16.5. The minimum atomic E-state index is -0.389. The van der Waals surface area contributed by atoms with E-state index in [0.29, 0.717) is 24.7 Å². The number of rotatable bonds is 10. The molecule has 3 fully saturated rings. The molecule has 1 aliphatic heterocycles. The van der Waals surface area contributed by atoms with E-state index in [1.54, 1.807) is 0 Å². The van der Waals surface area contributed by atoms with Crippen LogP contribution in [0.25, 0.3) is 0 Å². The highest BCUT2D eigenvalue weighted by Gasteiger charge is 2.47. The third kappa shape index (κ3) is 6.05. The Morgan fingerprint density at radius 3 is 2.79 bits per heavy atom. The van der Waals surface area contributed by atoms with Crippen molar-refractivity contribution in [3.05, 3.63) is 12.2 Å². The Bertz CT molecular complexity index is 547. The lowest BCUT2D eigenvalue weighted by Gasteiger charge is -2.19. The fourth-order valence-corrected chi connectivity index (χ4v) is 5.87. The Labute approximate surface area is 175 Å². The van der Waals surface area contributed by atoms with Gasteiger partial charge in [0, 0.05) is 18.8 Å². The number of esters is 1. The van der Waals surface area contributed by atoms with Crippen LogP contribution < -0.4 is 0 Å². The topological polar surface area (TPSA) is 76.0 Å². The molecule has 0 amide bonds. The van der Waals surface area contributed by atoms with Crippen LogP contribution in [0, 0.1) is 23.7 Å². The first-order valence-electron chi connectivity index (χ1n) is 11.8. The molecule has 0 aromatic heterocycles. The van der Waals surface area contributed by atoms with Crippen molar-refractivity contribution < 1.29 is 24.5 Å². The summed E-state index contributed by atoms with van der Waals surface area (Å²) < 4.78 is 10.9. The van der Waals surface area contributed by atoms with Crippen LogP contribution in [0.15, 0.2) is 12.2 Å². The average molecular weight is 409 g/mol. The SMILES string of the molecule is CCCC1CCC([C@H](O)/C=C/[C@@H]2[C@H]3CC(CCCCC(=O)OC)O[C@@H]3C[C@H]2O)C1. The molecule has 3 rings (SSSR count). The molecule has 2 aliphatic carbocycles. The van der Waals surface area contributed by atoms with E-state index in [4.69, 9.17) is 4.74 Å². The predicted molar refractivity (Wildman–Crippen MR) is 112 cm³/mol. The lowest BCUT2D eigenvalue weighted by molar-refractivity contribution is -0.140. The molecule has 0 aromatic rings. The first kappa shape index (κ1) is 22.8. The molecule has 0 bridgehead atoms. The van der Waals surface area contributed by atoms with Crippen molar-refractivity contribution in [3.63, 3.8) is 0 Å². The number of hydrogen-bond donors (Lipinski definition) is 2. The maximum Gasteiger partial charge on any atom is 0.305 e. The van der Waals surface area contributed by atoms with Gasteiger partial charge < -0.3 is 19.7 Å². The van der Waals surface area contributed by atoms with Crippen LogP contribution in [0.5, 0.6) is 0 Å². The zero-order valence-electron chi connectivity index (χ0n) is 18.2. The van der Waals surface area contributed by atoms with Crippen LogP contribution in [-0.2, 0) is 14.3 Å². The summed E-state index contributed by atoms with van der Waals surface area (Å²) in [5, 5.41) is 21.2. The smallest absolute Gasteiger partial charge is 0.305 e. The molecule has 2 saturated carbocycles. The van der Waals surface area contributed by atoms with Gasteiger partial charge in [-0.1, -0.05) is 44.8 Å². The summed E-state index contributed by atoms with van der Waals surface area (Å²) in [5.41, 5.74) is 0. The number of methoxy groups -OCH3 is 1. The van der Waals surface area contributed by atoms with E-state index in [1.807, 2.05) is 6.08 Å². The third-order valence-electron chi connectivity index (χ3n) is 7.47. The maximum absolute atomic E-state index is 11.2. The molecule has 1 saturated heterocycles. The van der Waals surface area contributed by atoms with Gasteiger partial charge in [0.1, 0.15) is 0 Å². The summed E-state index contributed by atoms with van der Waals surface area (Å²) in [6, 6.07) is 0. The van der Waals surface area contributed by atoms with E-state index in [0.717, 1.165) is 44.4 Å². The van der Waals surface area contributed by atoms with Crippen LogP contribution in [0.1, 0.15) is 77.6 Å². The van der Waals surface area contributed by atoms with E-state index in [9.17, 15) is 15.0 Å². The Balaban J connectivity index is 1.44. The molecule has 3 aliphatic rings. The Kier molecular flexibility index (Phi) is 8.57. The Hall–Kier alpha value is -0.910. The molecule has 0 radical (unpaired) electrons. The number of ether oxygens (including phenoxy) is 2. The quantitative estimate of drug-likeness (QED) is 0.324. The van der Waals surface area contributed by atoms with E-state index < -0.39 is 0 Å². The van der Waals surface area contributed by atoms with E-state index in [-0.39, 0.29) is 36.3 Å². The first-order chi connectivity index (χ1) is 14.0. The minimum Gasteiger partial charge on any atom is -0.469 e. The predicted octanol–water partition coefficient (Wildman–Crippen LogP) is 4.01. The van der Waals surface area contributed by atoms with E-state index in [1.165, 1.54) is 26.4 Å². The zero-order chi connectivity index (χ0) is 20.8. The standard InChI is InChI=1S/C24H40O5/c1-3-6-16-9-10-17(13-16)21(25)12-11-19-20-14-18(29-23(20)15-22(19)26)7-4-5-8-24(27)28-2/h11-12,16-23,25-26H,3-10,13-15H2,1-2H3/b12-11+/t16?,17?,18?,19-,20-,21-,22-,23-/m1/s1. The molecule has 5 nitrogen and oxygen atoms in total. The van der Waals surface area contributed by atoms with Crippen LogP contribution >= 0.6 is 0 Å². The van der Waals surface area contributed by atoms with Gasteiger partial charge in [0.05, 0.1) is 31.5 Å². The maximum atomic E-state index is 11.2. The molecule has 1 heterocycles. The van der Waals surface area contributed by atoms with Crippen LogP contribution in [-0.4, -0.2) is 47.7 Å². The van der Waals surface area contributed by atoms with Gasteiger partial charge in [0.25, 0.3) is 0 Å². The molecule has 29 heavy (non-hydrogen) atoms. The molecule has 0 spiro atoms. The number of hydrogen-bond acceptors (Lipinski definition) is 5. The third-order valence-corrected chi connectivity index (χ3v) is 7.47. The van der Waals surface area contributed by atoms with Gasteiger partial charge in [-0.25, -0.2) is 0 Å². The van der Waals surface area contributed by atoms with Gasteiger partial charge in [-0.05, 0) is 49.9 Å². The van der Waals surface area contributed by atoms with Gasteiger partial charge in [0.2, 0.25) is 0 Å². The molecular formula is C24H40O5. The first-order valence-corrected chi connectivity index (χ1v) is 11.8. The number of aliphatic hydroxyl groups is 2. The number of unbranched alkanes of at least 4 members (excludes halogenated alkanes) is 1. The summed E-state index contributed by atoms with van der Waals surface area (Å²) in [7, 11) is 1.43. The fourth-order valence-electron chi connectivity index (χ4n) is 5.87. The van der Waals surface area contributed by atoms with Crippen molar-refractivity contribution in [2.24, 2.45) is 23.7 Å². The number of aliphatic hydroxyl groups excluding tert-OH is 2. The molecule has 2 N–H and O–H groups in total. The van der Waals surface area contributed by atoms with Crippen molar-refractivity contribution in [2.45, 2.75) is 102 Å². The van der Waals surface area contributed by atoms with Crippen molar-refractivity contribution in [2.75, 3.05) is 7.11 Å². The summed E-state index contributed by atoms with van der Waals surface area (Å²) in [5.74, 6) is 1.43. The lowest BCUT2D eigenvalue weighted by Crippen LogP contribution is -2.21. The largest absolute Gasteiger partial charge is 0.469 e. The minimum absolute atomic E-state index is 0.0857. The summed E-state index contributed by atoms with van der Waals surface area (Å²) >= 11 is 0. The van der Waals surface area contributed by atoms with Crippen molar-refractivity contribution in [3.8, 4) is 0 Å². The molecule has 0 aromatic carbocycles. The van der Waals surface area contributed by atoms with Gasteiger partial charge in [-0.2, -0.15) is 0 Å². The number of carbonyl (C=O) groups excluding carboxylic acids is 1. The van der Waals surface area contributed by atoms with Crippen LogP contribution in [0.4, 0.5) is 0 Å². The average Bonchev–Trinajstić information content (AvgIpc) is 3.39. The Morgan fingerprint density at radius 2 is 2.03 bits per heavy atom. The zero-order valence-corrected chi connectivity index (χ0v) is 18.2. The summed E-state index contributed by atoms with van der Waals surface area (Å²) in [4.78, 5) is 11.2. The summed E-state index contributed by atoms with van der Waals surface area (Å²) in [6.07, 6.45) is 14.5. The van der Waals surface area contributed by atoms with Gasteiger partial charge in [-0.3, -0.25) is 4.79 Å². The molecule has 166 valence electrons. The van der Waals surface area contributed by atoms with Gasteiger partial charge in [0.15, 0.2) is 0 Å². The highest BCUT2D eigenvalue weighted by Crippen LogP contribution is 2.45. The van der Waals surface area contributed by atoms with E-state index >= 15 is 0 Å². The molecular weight excluding hydrogens is 368 g/mol. The van der Waals surface area contributed by atoms with Gasteiger partial charge in [-0.15, -0.1) is 0 Å². The second kappa shape index (κ2) is 10.9. The fraction of sp³-hybridized carbons (Fsp3) is 0.875. The molecule has 8 atom stereocenters. The second-order valence-electron chi connectivity index (χ2n) is 9.50. The highest BCUT2D eigenvalue weighted by molar-refractivity contribution is 5.68. The van der Waals surface area contributed by atoms with Crippen molar-refractivity contribution >= 4 is 5.97 Å². The monoisotopic (exact) mass is 408 g/mol. The molecule has 3 unspecified atom stereocenters. The van der Waals surface area contributed by atoms with Gasteiger partial charge >= 0.3 is 5.97 Å². The molecule has 5 heteroatoms. The summed E-state index contributed by atoms with van der Waals surface area (Å²) in [6.45, 7) is 2.23. The Morgan fingerprint density at radius 1 is 1.21 bits per heavy atom. The van der Waals surface area contributed by atoms with E-state index in [2.05, 4.69) is 17.7 Å². The number of carbonyl (C=O) groups is 1.